The lowest BCUT2D eigenvalue weighted by molar-refractivity contribution is -0.119. The minimum absolute atomic E-state index is 0. The zero-order valence-electron chi connectivity index (χ0n) is 13.1. The second-order valence-corrected chi connectivity index (χ2v) is 5.50. The summed E-state index contributed by atoms with van der Waals surface area (Å²) in [6, 6.07) is 9.58. The number of piperazine rings is 1. The van der Waals surface area contributed by atoms with Crippen molar-refractivity contribution in [1.82, 2.24) is 10.2 Å². The molecule has 7 nitrogen and oxygen atoms in total. The zero-order valence-corrected chi connectivity index (χ0v) is 16.2. The summed E-state index contributed by atoms with van der Waals surface area (Å²) in [4.78, 5) is 19.7. The highest BCUT2D eigenvalue weighted by Gasteiger charge is 2.18. The van der Waals surface area contributed by atoms with E-state index in [0.29, 0.717) is 5.96 Å². The van der Waals surface area contributed by atoms with E-state index in [0.717, 1.165) is 36.9 Å². The Hall–Kier alpha value is -1.73. The van der Waals surface area contributed by atoms with Crippen LogP contribution in [0.25, 0.3) is 0 Å². The van der Waals surface area contributed by atoms with Crippen molar-refractivity contribution in [3.63, 3.8) is 0 Å². The quantitative estimate of drug-likeness (QED) is 0.301. The second kappa shape index (κ2) is 10.2. The van der Waals surface area contributed by atoms with E-state index in [2.05, 4.69) is 15.2 Å². The molecule has 1 aromatic carbocycles. The summed E-state index contributed by atoms with van der Waals surface area (Å²) in [7, 11) is 0. The molecule has 1 amide bonds. The average molecular weight is 463 g/mol. The van der Waals surface area contributed by atoms with Gasteiger partial charge >= 0.3 is 0 Å². The van der Waals surface area contributed by atoms with E-state index >= 15 is 0 Å². The second-order valence-electron chi connectivity index (χ2n) is 5.06. The van der Waals surface area contributed by atoms with Crippen LogP contribution in [0.15, 0.2) is 29.3 Å². The summed E-state index contributed by atoms with van der Waals surface area (Å²) >= 11 is 5.90. The molecule has 0 unspecified atom stereocenters. The lowest BCUT2D eigenvalue weighted by atomic mass is 10.2. The molecule has 0 saturated carbocycles. The number of aliphatic imine (C=N–C) groups is 1. The number of carbonyl (C=O) groups is 1. The fraction of sp³-hybridized carbons (Fsp3) is 0.400. The molecule has 130 valence electrons. The monoisotopic (exact) mass is 462 g/mol. The first kappa shape index (κ1) is 20.3. The predicted octanol–water partition coefficient (Wildman–Crippen LogP) is 1.03. The highest BCUT2D eigenvalue weighted by molar-refractivity contribution is 14.0. The molecule has 3 N–H and O–H groups in total. The summed E-state index contributed by atoms with van der Waals surface area (Å²) in [6.45, 7) is 3.02. The van der Waals surface area contributed by atoms with Gasteiger partial charge in [0.15, 0.2) is 5.96 Å². The SMILES string of the molecule is I.N#CCNC(=O)CN=C(N)N1CCN(c2ccc(Cl)cc2)CC1. The molecule has 24 heavy (non-hydrogen) atoms. The fourth-order valence-electron chi connectivity index (χ4n) is 2.29. The van der Waals surface area contributed by atoms with E-state index in [1.165, 1.54) is 0 Å². The van der Waals surface area contributed by atoms with Crippen LogP contribution in [0.4, 0.5) is 5.69 Å². The molecule has 2 rings (SSSR count). The van der Waals surface area contributed by atoms with Gasteiger partial charge in [0.1, 0.15) is 13.1 Å². The van der Waals surface area contributed by atoms with Gasteiger partial charge in [-0.2, -0.15) is 5.26 Å². The van der Waals surface area contributed by atoms with Gasteiger partial charge in [-0.1, -0.05) is 11.6 Å². The first-order valence-electron chi connectivity index (χ1n) is 7.29. The number of rotatable bonds is 4. The third kappa shape index (κ3) is 6.05. The lowest BCUT2D eigenvalue weighted by Gasteiger charge is -2.36. The third-order valence-corrected chi connectivity index (χ3v) is 3.80. The van der Waals surface area contributed by atoms with Crippen molar-refractivity contribution >= 4 is 53.1 Å². The Balaban J connectivity index is 0.00000288. The number of nitrogens with two attached hydrogens (primary N) is 1. The minimum Gasteiger partial charge on any atom is -0.370 e. The number of hydrogen-bond acceptors (Lipinski definition) is 4. The molecule has 0 bridgehead atoms. The van der Waals surface area contributed by atoms with E-state index < -0.39 is 0 Å². The number of nitrogens with zero attached hydrogens (tertiary/aromatic N) is 4. The normalized spacial score (nSPS) is 14.6. The number of hydrogen-bond donors (Lipinski definition) is 2. The Kier molecular flexibility index (Phi) is 8.63. The number of amides is 1. The van der Waals surface area contributed by atoms with Crippen molar-refractivity contribution in [3.05, 3.63) is 29.3 Å². The molecular formula is C15H20ClIN6O. The molecule has 0 atom stereocenters. The summed E-state index contributed by atoms with van der Waals surface area (Å²) in [5.41, 5.74) is 7.05. The molecule has 1 heterocycles. The zero-order chi connectivity index (χ0) is 16.7. The van der Waals surface area contributed by atoms with Crippen LogP contribution in [0.5, 0.6) is 0 Å². The van der Waals surface area contributed by atoms with Gasteiger partial charge in [0.25, 0.3) is 0 Å². The molecule has 1 fully saturated rings. The van der Waals surface area contributed by atoms with Gasteiger partial charge in [-0.05, 0) is 24.3 Å². The van der Waals surface area contributed by atoms with E-state index in [1.54, 1.807) is 0 Å². The van der Waals surface area contributed by atoms with Gasteiger partial charge in [0, 0.05) is 36.9 Å². The van der Waals surface area contributed by atoms with Crippen molar-refractivity contribution in [2.45, 2.75) is 0 Å². The van der Waals surface area contributed by atoms with Crippen LogP contribution < -0.4 is 16.0 Å². The Morgan fingerprint density at radius 1 is 1.29 bits per heavy atom. The van der Waals surface area contributed by atoms with Crippen molar-refractivity contribution in [3.8, 4) is 6.07 Å². The number of nitriles is 1. The van der Waals surface area contributed by atoms with Crippen molar-refractivity contribution in [2.75, 3.05) is 44.2 Å². The molecular weight excluding hydrogens is 443 g/mol. The molecule has 1 aromatic rings. The maximum absolute atomic E-state index is 11.4. The number of halogens is 2. The van der Waals surface area contributed by atoms with E-state index in [1.807, 2.05) is 35.2 Å². The minimum atomic E-state index is -0.311. The fourth-order valence-corrected chi connectivity index (χ4v) is 2.42. The van der Waals surface area contributed by atoms with Crippen LogP contribution in [0, 0.1) is 11.3 Å². The predicted molar refractivity (Wildman–Crippen MR) is 106 cm³/mol. The van der Waals surface area contributed by atoms with Gasteiger partial charge in [-0.15, -0.1) is 24.0 Å². The van der Waals surface area contributed by atoms with Gasteiger partial charge in [0.05, 0.1) is 6.07 Å². The third-order valence-electron chi connectivity index (χ3n) is 3.54. The molecule has 1 aliphatic rings. The number of nitrogens with one attached hydrogen (secondary N) is 1. The number of carbonyl (C=O) groups excluding carboxylic acids is 1. The topological polar surface area (TPSA) is 97.7 Å². The van der Waals surface area contributed by atoms with Crippen LogP contribution >= 0.6 is 35.6 Å². The lowest BCUT2D eigenvalue weighted by Crippen LogP contribution is -2.51. The van der Waals surface area contributed by atoms with E-state index in [-0.39, 0.29) is 43.0 Å². The summed E-state index contributed by atoms with van der Waals surface area (Å²) in [6.07, 6.45) is 0. The summed E-state index contributed by atoms with van der Waals surface area (Å²) in [5, 5.41) is 11.5. The van der Waals surface area contributed by atoms with Gasteiger partial charge in [-0.3, -0.25) is 4.79 Å². The molecule has 9 heteroatoms. The smallest absolute Gasteiger partial charge is 0.242 e. The standard InChI is InChI=1S/C15H19ClN6O.HI/c16-12-1-3-13(4-2-12)21-7-9-22(10-8-21)15(18)20-11-14(23)19-6-5-17;/h1-4H,6-11H2,(H2,18,20)(H,19,23);1H. The van der Waals surface area contributed by atoms with Crippen molar-refractivity contribution < 1.29 is 4.79 Å². The highest BCUT2D eigenvalue weighted by atomic mass is 127. The van der Waals surface area contributed by atoms with Crippen molar-refractivity contribution in [1.29, 1.82) is 5.26 Å². The Labute approximate surface area is 163 Å². The Bertz CT molecular complexity index is 607. The van der Waals surface area contributed by atoms with E-state index in [9.17, 15) is 4.79 Å². The number of benzene rings is 1. The van der Waals surface area contributed by atoms with Crippen LogP contribution in [-0.2, 0) is 4.79 Å². The first-order valence-corrected chi connectivity index (χ1v) is 7.67. The summed E-state index contributed by atoms with van der Waals surface area (Å²) in [5.74, 6) is 0.0437. The first-order chi connectivity index (χ1) is 11.1. The van der Waals surface area contributed by atoms with Crippen molar-refractivity contribution in [2.24, 2.45) is 10.7 Å². The Morgan fingerprint density at radius 3 is 2.50 bits per heavy atom. The van der Waals surface area contributed by atoms with Crippen LogP contribution in [-0.4, -0.2) is 56.0 Å². The highest BCUT2D eigenvalue weighted by Crippen LogP contribution is 2.19. The molecule has 0 aromatic heterocycles. The largest absolute Gasteiger partial charge is 0.370 e. The van der Waals surface area contributed by atoms with Gasteiger partial charge in [-0.25, -0.2) is 4.99 Å². The average Bonchev–Trinajstić information content (AvgIpc) is 2.58. The number of guanidine groups is 1. The molecule has 1 aliphatic heterocycles. The molecule has 0 spiro atoms. The number of anilines is 1. The summed E-state index contributed by atoms with van der Waals surface area (Å²) < 4.78 is 0. The van der Waals surface area contributed by atoms with Gasteiger partial charge in [0.2, 0.25) is 5.91 Å². The maximum atomic E-state index is 11.4. The van der Waals surface area contributed by atoms with E-state index in [4.69, 9.17) is 22.6 Å². The van der Waals surface area contributed by atoms with Gasteiger partial charge < -0.3 is 20.9 Å². The maximum Gasteiger partial charge on any atom is 0.242 e. The van der Waals surface area contributed by atoms with Crippen LogP contribution in [0.2, 0.25) is 5.02 Å². The van der Waals surface area contributed by atoms with Crippen LogP contribution in [0.3, 0.4) is 0 Å². The molecule has 0 radical (unpaired) electrons. The van der Waals surface area contributed by atoms with Crippen LogP contribution in [0.1, 0.15) is 0 Å². The molecule has 0 aliphatic carbocycles. The molecule has 1 saturated heterocycles. The Morgan fingerprint density at radius 2 is 1.92 bits per heavy atom.